The first-order valence-corrected chi connectivity index (χ1v) is 9.23. The van der Waals surface area contributed by atoms with Gasteiger partial charge in [-0.25, -0.2) is 17.2 Å². The molecule has 3 rings (SSSR count). The maximum Gasteiger partial charge on any atom is 0.257 e. The maximum absolute atomic E-state index is 13.0. The van der Waals surface area contributed by atoms with Crippen molar-refractivity contribution >= 4 is 44.7 Å². The average molecular weight is 407 g/mol. The molecule has 1 aromatic carbocycles. The Hall–Kier alpha value is -1.77. The number of hydrogen-bond acceptors (Lipinski definition) is 4. The Morgan fingerprint density at radius 3 is 2.60 bits per heavy atom. The molecule has 1 aromatic heterocycles. The highest BCUT2D eigenvalue weighted by Crippen LogP contribution is 2.42. The van der Waals surface area contributed by atoms with Crippen molar-refractivity contribution in [1.82, 2.24) is 4.98 Å². The molecule has 132 valence electrons. The van der Waals surface area contributed by atoms with Crippen molar-refractivity contribution < 1.29 is 22.0 Å². The van der Waals surface area contributed by atoms with Crippen LogP contribution in [0.2, 0.25) is 10.0 Å². The zero-order valence-corrected chi connectivity index (χ0v) is 14.7. The summed E-state index contributed by atoms with van der Waals surface area (Å²) in [4.78, 5) is 16.6. The molecule has 2 aromatic rings. The van der Waals surface area contributed by atoms with E-state index in [1.54, 1.807) is 0 Å². The lowest BCUT2D eigenvalue weighted by Gasteiger charge is -2.34. The molecule has 0 saturated carbocycles. The molecular formula is C15H10Cl2F2N2O3S. The van der Waals surface area contributed by atoms with E-state index in [2.05, 4.69) is 4.98 Å². The first-order chi connectivity index (χ1) is 11.7. The van der Waals surface area contributed by atoms with Crippen molar-refractivity contribution in [1.29, 1.82) is 0 Å². The van der Waals surface area contributed by atoms with Crippen LogP contribution in [0.1, 0.15) is 21.3 Å². The van der Waals surface area contributed by atoms with Crippen LogP contribution in [0.25, 0.3) is 0 Å². The zero-order valence-electron chi connectivity index (χ0n) is 12.4. The van der Waals surface area contributed by atoms with Crippen molar-refractivity contribution in [3.05, 3.63) is 57.8 Å². The zero-order chi connectivity index (χ0) is 18.4. The summed E-state index contributed by atoms with van der Waals surface area (Å²) in [5.74, 6) is -0.828. The minimum atomic E-state index is -4.47. The summed E-state index contributed by atoms with van der Waals surface area (Å²) in [6.07, 6.45) is -1.65. The number of benzene rings is 1. The second kappa shape index (κ2) is 6.51. The van der Waals surface area contributed by atoms with Crippen LogP contribution in [-0.4, -0.2) is 32.2 Å². The molecular weight excluding hydrogens is 397 g/mol. The number of halogens is 4. The van der Waals surface area contributed by atoms with Gasteiger partial charge in [-0.1, -0.05) is 29.3 Å². The standard InChI is InChI=1S/C15H10Cl2F2N2O3S/c16-8-3-4-9(10(17)6-8)15-14(22)13-11(2-1-5-20-13)21(7-12(18)19)25(15,23)24/h1-6,12,15H,7H2. The van der Waals surface area contributed by atoms with Crippen LogP contribution in [0, 0.1) is 0 Å². The number of aromatic nitrogens is 1. The summed E-state index contributed by atoms with van der Waals surface area (Å²) in [7, 11) is -4.47. The van der Waals surface area contributed by atoms with Gasteiger partial charge in [0.05, 0.1) is 12.2 Å². The van der Waals surface area contributed by atoms with Gasteiger partial charge in [-0.05, 0) is 29.8 Å². The third kappa shape index (κ3) is 3.09. The van der Waals surface area contributed by atoms with Crippen LogP contribution < -0.4 is 4.31 Å². The number of fused-ring (bicyclic) bond motifs is 1. The van der Waals surface area contributed by atoms with E-state index >= 15 is 0 Å². The molecule has 0 saturated heterocycles. The predicted molar refractivity (Wildman–Crippen MR) is 90.0 cm³/mol. The first-order valence-electron chi connectivity index (χ1n) is 6.97. The average Bonchev–Trinajstić information content (AvgIpc) is 2.53. The van der Waals surface area contributed by atoms with Crippen LogP contribution in [-0.2, 0) is 10.0 Å². The molecule has 0 bridgehead atoms. The fraction of sp³-hybridized carbons (Fsp3) is 0.200. The van der Waals surface area contributed by atoms with Crippen molar-refractivity contribution in [2.24, 2.45) is 0 Å². The Labute approximate surface area is 152 Å². The topological polar surface area (TPSA) is 67.3 Å². The molecule has 0 radical (unpaired) electrons. The van der Waals surface area contributed by atoms with Crippen molar-refractivity contribution in [3.8, 4) is 0 Å². The summed E-state index contributed by atoms with van der Waals surface area (Å²) < 4.78 is 52.3. The SMILES string of the molecule is O=C1c2ncccc2N(CC(F)F)S(=O)(=O)C1c1ccc(Cl)cc1Cl. The van der Waals surface area contributed by atoms with E-state index < -0.39 is 34.0 Å². The van der Waals surface area contributed by atoms with E-state index in [9.17, 15) is 22.0 Å². The predicted octanol–water partition coefficient (Wildman–Crippen LogP) is 3.73. The van der Waals surface area contributed by atoms with E-state index in [-0.39, 0.29) is 27.0 Å². The van der Waals surface area contributed by atoms with Gasteiger partial charge in [0.25, 0.3) is 6.43 Å². The van der Waals surface area contributed by atoms with E-state index in [4.69, 9.17) is 23.2 Å². The second-order valence-corrected chi connectivity index (χ2v) is 8.03. The molecule has 2 heterocycles. The quantitative estimate of drug-likeness (QED) is 0.778. The van der Waals surface area contributed by atoms with Crippen LogP contribution in [0.4, 0.5) is 14.5 Å². The van der Waals surface area contributed by atoms with Gasteiger partial charge in [-0.15, -0.1) is 0 Å². The highest BCUT2D eigenvalue weighted by atomic mass is 35.5. The third-order valence-electron chi connectivity index (χ3n) is 3.68. The lowest BCUT2D eigenvalue weighted by atomic mass is 10.0. The highest BCUT2D eigenvalue weighted by molar-refractivity contribution is 7.94. The number of nitrogens with zero attached hydrogens (tertiary/aromatic N) is 2. The molecule has 1 atom stereocenters. The number of alkyl halides is 2. The molecule has 0 aliphatic carbocycles. The van der Waals surface area contributed by atoms with Gasteiger partial charge in [-0.2, -0.15) is 0 Å². The highest BCUT2D eigenvalue weighted by Gasteiger charge is 2.47. The van der Waals surface area contributed by atoms with Gasteiger partial charge in [0.15, 0.2) is 5.25 Å². The number of ketones is 1. The molecule has 0 N–H and O–H groups in total. The number of rotatable bonds is 3. The van der Waals surface area contributed by atoms with E-state index in [1.165, 1.54) is 36.5 Å². The van der Waals surface area contributed by atoms with Crippen LogP contribution in [0.5, 0.6) is 0 Å². The molecule has 1 unspecified atom stereocenters. The van der Waals surface area contributed by atoms with Gasteiger partial charge in [-0.3, -0.25) is 14.1 Å². The van der Waals surface area contributed by atoms with Crippen molar-refractivity contribution in [2.45, 2.75) is 11.7 Å². The smallest absolute Gasteiger partial charge is 0.257 e. The lowest BCUT2D eigenvalue weighted by molar-refractivity contribution is 0.0978. The van der Waals surface area contributed by atoms with Gasteiger partial charge in [0, 0.05) is 16.2 Å². The minimum Gasteiger partial charge on any atom is -0.290 e. The Morgan fingerprint density at radius 2 is 1.96 bits per heavy atom. The van der Waals surface area contributed by atoms with Gasteiger partial charge < -0.3 is 0 Å². The summed E-state index contributed by atoms with van der Waals surface area (Å²) in [6.45, 7) is -1.09. The Balaban J connectivity index is 2.25. The number of pyridine rings is 1. The first kappa shape index (κ1) is 18.0. The van der Waals surface area contributed by atoms with Crippen molar-refractivity contribution in [2.75, 3.05) is 10.8 Å². The third-order valence-corrected chi connectivity index (χ3v) is 6.27. The summed E-state index contributed by atoms with van der Waals surface area (Å²) in [6, 6.07) is 6.58. The fourth-order valence-electron chi connectivity index (χ4n) is 2.66. The number of Topliss-reactive ketones (excluding diaryl/α,β-unsaturated/α-hetero) is 1. The second-order valence-electron chi connectivity index (χ2n) is 5.25. The Bertz CT molecular complexity index is 954. The normalized spacial score (nSPS) is 19.2. The number of carbonyl (C=O) groups is 1. The fourth-order valence-corrected chi connectivity index (χ4v) is 5.14. The summed E-state index contributed by atoms with van der Waals surface area (Å²) >= 11 is 11.8. The van der Waals surface area contributed by atoms with Crippen LogP contribution in [0.3, 0.4) is 0 Å². The molecule has 10 heteroatoms. The van der Waals surface area contributed by atoms with Gasteiger partial charge in [0.2, 0.25) is 15.8 Å². The van der Waals surface area contributed by atoms with E-state index in [0.717, 1.165) is 0 Å². The summed E-state index contributed by atoms with van der Waals surface area (Å²) in [5.41, 5.74) is -0.408. The van der Waals surface area contributed by atoms with Gasteiger partial charge >= 0.3 is 0 Å². The Kier molecular flexibility index (Phi) is 4.70. The molecule has 0 spiro atoms. The number of carbonyl (C=O) groups excluding carboxylic acids is 1. The van der Waals surface area contributed by atoms with Crippen LogP contribution in [0.15, 0.2) is 36.5 Å². The molecule has 1 aliphatic heterocycles. The van der Waals surface area contributed by atoms with Gasteiger partial charge in [0.1, 0.15) is 5.69 Å². The molecule has 25 heavy (non-hydrogen) atoms. The number of anilines is 1. The van der Waals surface area contributed by atoms with Crippen molar-refractivity contribution in [3.63, 3.8) is 0 Å². The largest absolute Gasteiger partial charge is 0.290 e. The number of sulfonamides is 1. The minimum absolute atomic E-state index is 0.0355. The molecule has 0 amide bonds. The van der Waals surface area contributed by atoms with Crippen LogP contribution >= 0.6 is 23.2 Å². The number of hydrogen-bond donors (Lipinski definition) is 0. The molecule has 5 nitrogen and oxygen atoms in total. The monoisotopic (exact) mass is 406 g/mol. The van der Waals surface area contributed by atoms with E-state index in [1.807, 2.05) is 0 Å². The summed E-state index contributed by atoms with van der Waals surface area (Å²) in [5, 5.41) is -1.57. The lowest BCUT2D eigenvalue weighted by Crippen LogP contribution is -2.45. The molecule has 1 aliphatic rings. The van der Waals surface area contributed by atoms with E-state index in [0.29, 0.717) is 4.31 Å². The Morgan fingerprint density at radius 1 is 1.24 bits per heavy atom. The molecule has 0 fully saturated rings. The maximum atomic E-state index is 13.0.